The van der Waals surface area contributed by atoms with Crippen molar-refractivity contribution in [1.82, 2.24) is 15.6 Å². The quantitative estimate of drug-likeness (QED) is 0.297. The molecule has 30 heavy (non-hydrogen) atoms. The monoisotopic (exact) mass is 416 g/mol. The summed E-state index contributed by atoms with van der Waals surface area (Å²) in [6.45, 7) is 2.65. The summed E-state index contributed by atoms with van der Waals surface area (Å²) in [5.74, 6) is 2.49. The number of methoxy groups -OCH3 is 3. The molecule has 0 atom stereocenters. The Hall–Kier alpha value is -2.41. The van der Waals surface area contributed by atoms with Crippen LogP contribution in [-0.4, -0.2) is 59.0 Å². The third-order valence-electron chi connectivity index (χ3n) is 6.21. The van der Waals surface area contributed by atoms with E-state index in [4.69, 9.17) is 14.2 Å². The molecule has 0 bridgehead atoms. The zero-order valence-electron chi connectivity index (χ0n) is 18.8. The van der Waals surface area contributed by atoms with E-state index in [1.165, 1.54) is 25.0 Å². The number of fused-ring (bicyclic) bond motifs is 1. The number of H-pyrrole nitrogens is 1. The van der Waals surface area contributed by atoms with E-state index in [0.717, 1.165) is 67.3 Å². The minimum Gasteiger partial charge on any atom is -0.497 e. The van der Waals surface area contributed by atoms with Crippen LogP contribution in [0.15, 0.2) is 23.2 Å². The Morgan fingerprint density at radius 3 is 2.60 bits per heavy atom. The molecular weight excluding hydrogens is 380 g/mol. The lowest BCUT2D eigenvalue weighted by molar-refractivity contribution is 0.0732. The SMILES string of the molecule is CN=C(NCCCc1cc2c(OC)cc(OC)cc2[nH]1)NCC1(CCOC)CCC1. The Labute approximate surface area is 179 Å². The summed E-state index contributed by atoms with van der Waals surface area (Å²) in [5, 5.41) is 8.04. The first-order chi connectivity index (χ1) is 14.6. The minimum absolute atomic E-state index is 0.373. The van der Waals surface area contributed by atoms with Gasteiger partial charge in [0.1, 0.15) is 11.5 Å². The maximum absolute atomic E-state index is 5.50. The first-order valence-electron chi connectivity index (χ1n) is 10.8. The summed E-state index contributed by atoms with van der Waals surface area (Å²) in [7, 11) is 6.96. The molecule has 3 rings (SSSR count). The number of benzene rings is 1. The normalized spacial score (nSPS) is 15.7. The van der Waals surface area contributed by atoms with Gasteiger partial charge in [-0.05, 0) is 43.6 Å². The van der Waals surface area contributed by atoms with Gasteiger partial charge < -0.3 is 29.8 Å². The second kappa shape index (κ2) is 10.6. The van der Waals surface area contributed by atoms with Crippen molar-refractivity contribution >= 4 is 16.9 Å². The van der Waals surface area contributed by atoms with Crippen molar-refractivity contribution in [3.63, 3.8) is 0 Å². The molecule has 0 aliphatic heterocycles. The van der Waals surface area contributed by atoms with E-state index in [-0.39, 0.29) is 0 Å². The van der Waals surface area contributed by atoms with Gasteiger partial charge in [-0.1, -0.05) is 6.42 Å². The van der Waals surface area contributed by atoms with Crippen LogP contribution >= 0.6 is 0 Å². The molecular formula is C23H36N4O3. The molecule has 0 saturated heterocycles. The summed E-state index contributed by atoms with van der Waals surface area (Å²) in [6, 6.07) is 6.08. The van der Waals surface area contributed by atoms with Gasteiger partial charge in [0.05, 0.1) is 19.7 Å². The fourth-order valence-corrected chi connectivity index (χ4v) is 4.15. The van der Waals surface area contributed by atoms with E-state index < -0.39 is 0 Å². The molecule has 1 saturated carbocycles. The van der Waals surface area contributed by atoms with Gasteiger partial charge >= 0.3 is 0 Å². The number of aromatic amines is 1. The van der Waals surface area contributed by atoms with E-state index in [0.29, 0.717) is 5.41 Å². The lowest BCUT2D eigenvalue weighted by Gasteiger charge is -2.42. The average molecular weight is 417 g/mol. The number of hydrogen-bond donors (Lipinski definition) is 3. The van der Waals surface area contributed by atoms with Crippen molar-refractivity contribution in [2.75, 3.05) is 48.1 Å². The van der Waals surface area contributed by atoms with E-state index in [1.807, 2.05) is 19.2 Å². The van der Waals surface area contributed by atoms with E-state index >= 15 is 0 Å². The predicted octanol–water partition coefficient (Wildman–Crippen LogP) is 3.49. The van der Waals surface area contributed by atoms with Crippen LogP contribution in [-0.2, 0) is 11.2 Å². The molecule has 7 heteroatoms. The Morgan fingerprint density at radius 1 is 1.13 bits per heavy atom. The number of hydrogen-bond acceptors (Lipinski definition) is 4. The number of aliphatic imine (C=N–C) groups is 1. The summed E-state index contributed by atoms with van der Waals surface area (Å²) < 4.78 is 16.1. The maximum Gasteiger partial charge on any atom is 0.190 e. The lowest BCUT2D eigenvalue weighted by atomic mass is 9.67. The average Bonchev–Trinajstić information content (AvgIpc) is 3.16. The van der Waals surface area contributed by atoms with Crippen LogP contribution in [0.2, 0.25) is 0 Å². The number of nitrogens with zero attached hydrogens (tertiary/aromatic N) is 1. The Kier molecular flexibility index (Phi) is 7.85. The van der Waals surface area contributed by atoms with Gasteiger partial charge in [0, 0.05) is 57.1 Å². The molecule has 1 aliphatic carbocycles. The van der Waals surface area contributed by atoms with Crippen LogP contribution in [0, 0.1) is 5.41 Å². The fraction of sp³-hybridized carbons (Fsp3) is 0.609. The van der Waals surface area contributed by atoms with Crippen LogP contribution in [0.5, 0.6) is 11.5 Å². The molecule has 1 heterocycles. The summed E-state index contributed by atoms with van der Waals surface area (Å²) in [5.41, 5.74) is 2.60. The molecule has 1 aromatic heterocycles. The molecule has 166 valence electrons. The van der Waals surface area contributed by atoms with Gasteiger partial charge in [0.25, 0.3) is 0 Å². The van der Waals surface area contributed by atoms with Gasteiger partial charge in [0.2, 0.25) is 0 Å². The summed E-state index contributed by atoms with van der Waals surface area (Å²) in [4.78, 5) is 7.86. The van der Waals surface area contributed by atoms with E-state index in [9.17, 15) is 0 Å². The lowest BCUT2D eigenvalue weighted by Crippen LogP contribution is -2.47. The van der Waals surface area contributed by atoms with Crippen molar-refractivity contribution < 1.29 is 14.2 Å². The first kappa shape index (κ1) is 22.3. The molecule has 3 N–H and O–H groups in total. The van der Waals surface area contributed by atoms with Gasteiger partial charge in [-0.3, -0.25) is 4.99 Å². The first-order valence-corrected chi connectivity index (χ1v) is 10.8. The topological polar surface area (TPSA) is 79.9 Å². The largest absolute Gasteiger partial charge is 0.497 e. The van der Waals surface area contributed by atoms with E-state index in [2.05, 4.69) is 26.7 Å². The Morgan fingerprint density at radius 2 is 1.97 bits per heavy atom. The van der Waals surface area contributed by atoms with E-state index in [1.54, 1.807) is 21.3 Å². The zero-order chi connectivity index (χ0) is 21.4. The minimum atomic E-state index is 0.373. The summed E-state index contributed by atoms with van der Waals surface area (Å²) >= 11 is 0. The van der Waals surface area contributed by atoms with Gasteiger partial charge in [0.15, 0.2) is 5.96 Å². The van der Waals surface area contributed by atoms with Crippen molar-refractivity contribution in [2.45, 2.75) is 38.5 Å². The second-order valence-electron chi connectivity index (χ2n) is 8.14. The number of aromatic nitrogens is 1. The van der Waals surface area contributed by atoms with Crippen LogP contribution in [0.3, 0.4) is 0 Å². The number of rotatable bonds is 11. The van der Waals surface area contributed by atoms with Gasteiger partial charge in [-0.2, -0.15) is 0 Å². The van der Waals surface area contributed by atoms with Gasteiger partial charge in [-0.15, -0.1) is 0 Å². The third kappa shape index (κ3) is 5.39. The standard InChI is InChI=1S/C23H36N4O3/c1-24-22(26-16-23(8-6-9-23)10-12-28-2)25-11-5-7-17-13-19-20(27-17)14-18(29-3)15-21(19)30-4/h13-15,27H,5-12,16H2,1-4H3,(H2,24,25,26). The Balaban J connectivity index is 1.46. The molecule has 0 unspecified atom stereocenters. The van der Waals surface area contributed by atoms with Crippen LogP contribution in [0.4, 0.5) is 0 Å². The fourth-order valence-electron chi connectivity index (χ4n) is 4.15. The van der Waals surface area contributed by atoms with Crippen molar-refractivity contribution in [3.05, 3.63) is 23.9 Å². The van der Waals surface area contributed by atoms with Crippen LogP contribution in [0.1, 0.15) is 37.8 Å². The third-order valence-corrected chi connectivity index (χ3v) is 6.21. The number of nitrogens with one attached hydrogen (secondary N) is 3. The van der Waals surface area contributed by atoms with Gasteiger partial charge in [-0.25, -0.2) is 0 Å². The maximum atomic E-state index is 5.50. The van der Waals surface area contributed by atoms with Crippen LogP contribution < -0.4 is 20.1 Å². The van der Waals surface area contributed by atoms with Crippen LogP contribution in [0.25, 0.3) is 10.9 Å². The predicted molar refractivity (Wildman–Crippen MR) is 122 cm³/mol. The highest BCUT2D eigenvalue weighted by molar-refractivity contribution is 5.88. The summed E-state index contributed by atoms with van der Waals surface area (Å²) in [6.07, 6.45) is 6.92. The number of guanidine groups is 1. The zero-order valence-corrected chi connectivity index (χ0v) is 18.8. The molecule has 7 nitrogen and oxygen atoms in total. The highest BCUT2D eigenvalue weighted by atomic mass is 16.5. The van der Waals surface area contributed by atoms with Crippen molar-refractivity contribution in [3.8, 4) is 11.5 Å². The molecule has 1 aromatic carbocycles. The second-order valence-corrected chi connectivity index (χ2v) is 8.14. The molecule has 0 spiro atoms. The molecule has 0 amide bonds. The molecule has 1 aliphatic rings. The number of aryl methyl sites for hydroxylation is 1. The van der Waals surface area contributed by atoms with Crippen molar-refractivity contribution in [1.29, 1.82) is 0 Å². The number of ether oxygens (including phenoxy) is 3. The molecule has 0 radical (unpaired) electrons. The highest BCUT2D eigenvalue weighted by Gasteiger charge is 2.36. The Bertz CT molecular complexity index is 842. The molecule has 1 fully saturated rings. The highest BCUT2D eigenvalue weighted by Crippen LogP contribution is 2.43. The molecule has 2 aromatic rings. The van der Waals surface area contributed by atoms with Crippen molar-refractivity contribution in [2.24, 2.45) is 10.4 Å². The smallest absolute Gasteiger partial charge is 0.190 e.